The van der Waals surface area contributed by atoms with E-state index in [1.165, 1.54) is 12.1 Å². The third-order valence-corrected chi connectivity index (χ3v) is 2.64. The molecule has 4 N–H and O–H groups in total. The number of rotatable bonds is 6. The van der Waals surface area contributed by atoms with E-state index in [4.69, 9.17) is 5.73 Å². The third-order valence-electron chi connectivity index (χ3n) is 2.64. The highest BCUT2D eigenvalue weighted by Gasteiger charge is 2.22. The first-order valence-corrected chi connectivity index (χ1v) is 6.00. The van der Waals surface area contributed by atoms with Crippen LogP contribution in [0.2, 0.25) is 0 Å². The van der Waals surface area contributed by atoms with Gasteiger partial charge in [-0.25, -0.2) is 4.98 Å². The summed E-state index contributed by atoms with van der Waals surface area (Å²) in [5.41, 5.74) is 5.34. The van der Waals surface area contributed by atoms with E-state index >= 15 is 0 Å². The second kappa shape index (κ2) is 5.51. The second-order valence-electron chi connectivity index (χ2n) is 4.41. The summed E-state index contributed by atoms with van der Waals surface area (Å²) in [6.45, 7) is 0.353. The second-order valence-corrected chi connectivity index (χ2v) is 4.41. The van der Waals surface area contributed by atoms with Gasteiger partial charge in [-0.3, -0.25) is 14.9 Å². The van der Waals surface area contributed by atoms with Gasteiger partial charge in [0, 0.05) is 19.0 Å². The zero-order valence-corrected chi connectivity index (χ0v) is 10.3. The van der Waals surface area contributed by atoms with Crippen molar-refractivity contribution in [3.63, 3.8) is 0 Å². The van der Waals surface area contributed by atoms with Crippen LogP contribution in [-0.4, -0.2) is 28.4 Å². The van der Waals surface area contributed by atoms with E-state index in [-0.39, 0.29) is 17.4 Å². The first-order valence-electron chi connectivity index (χ1n) is 6.00. The van der Waals surface area contributed by atoms with Crippen LogP contribution in [0.3, 0.4) is 0 Å². The van der Waals surface area contributed by atoms with Gasteiger partial charge in [-0.05, 0) is 12.8 Å². The van der Waals surface area contributed by atoms with Gasteiger partial charge < -0.3 is 16.4 Å². The highest BCUT2D eigenvalue weighted by molar-refractivity contribution is 5.77. The average Bonchev–Trinajstić information content (AvgIpc) is 3.12. The molecule has 8 heteroatoms. The van der Waals surface area contributed by atoms with E-state index < -0.39 is 4.92 Å². The number of nitro groups is 1. The Balaban J connectivity index is 1.84. The number of aromatic nitrogens is 1. The minimum atomic E-state index is -0.539. The number of carbonyl (C=O) groups excluding carboxylic acids is 1. The Hall–Kier alpha value is -2.38. The quantitative estimate of drug-likeness (QED) is 0.512. The van der Waals surface area contributed by atoms with Gasteiger partial charge in [-0.2, -0.15) is 0 Å². The molecule has 19 heavy (non-hydrogen) atoms. The predicted octanol–water partition coefficient (Wildman–Crippen LogP) is 0.653. The maximum atomic E-state index is 11.4. The summed E-state index contributed by atoms with van der Waals surface area (Å²) in [6.07, 6.45) is 2.38. The third kappa shape index (κ3) is 4.09. The number of nitrogens with one attached hydrogen (secondary N) is 2. The molecular formula is C11H15N5O3. The fourth-order valence-corrected chi connectivity index (χ4v) is 1.56. The van der Waals surface area contributed by atoms with Gasteiger partial charge in [0.1, 0.15) is 11.6 Å². The van der Waals surface area contributed by atoms with Crippen LogP contribution in [-0.2, 0) is 4.79 Å². The van der Waals surface area contributed by atoms with Crippen molar-refractivity contribution in [2.45, 2.75) is 25.3 Å². The minimum Gasteiger partial charge on any atom is -0.383 e. The van der Waals surface area contributed by atoms with E-state index in [0.29, 0.717) is 24.8 Å². The fourth-order valence-electron chi connectivity index (χ4n) is 1.56. The standard InChI is InChI=1S/C11H15N5O3/c12-9-5-8(16(18)19)6-10(15-9)13-4-3-11(17)14-7-1-2-7/h5-7H,1-4H2,(H,14,17)(H3,12,13,15). The van der Waals surface area contributed by atoms with E-state index in [2.05, 4.69) is 15.6 Å². The molecule has 8 nitrogen and oxygen atoms in total. The molecule has 1 aromatic heterocycles. The smallest absolute Gasteiger partial charge is 0.276 e. The first kappa shape index (κ1) is 13.1. The highest BCUT2D eigenvalue weighted by Crippen LogP contribution is 2.19. The Labute approximate surface area is 109 Å². The number of hydrogen-bond donors (Lipinski definition) is 3. The lowest BCUT2D eigenvalue weighted by molar-refractivity contribution is -0.384. The molecule has 0 unspecified atom stereocenters. The van der Waals surface area contributed by atoms with Crippen molar-refractivity contribution >= 4 is 23.2 Å². The molecule has 1 aliphatic rings. The lowest BCUT2D eigenvalue weighted by Crippen LogP contribution is -2.27. The Bertz CT molecular complexity index is 501. The topological polar surface area (TPSA) is 123 Å². The van der Waals surface area contributed by atoms with Gasteiger partial charge in [0.15, 0.2) is 0 Å². The lowest BCUT2D eigenvalue weighted by atomic mass is 10.3. The Morgan fingerprint density at radius 2 is 2.26 bits per heavy atom. The number of carbonyl (C=O) groups is 1. The molecular weight excluding hydrogens is 250 g/mol. The predicted molar refractivity (Wildman–Crippen MR) is 69.6 cm³/mol. The van der Waals surface area contributed by atoms with Crippen LogP contribution in [0.5, 0.6) is 0 Å². The number of amides is 1. The number of nitrogens with two attached hydrogens (primary N) is 1. The van der Waals surface area contributed by atoms with E-state index in [9.17, 15) is 14.9 Å². The summed E-state index contributed by atoms with van der Waals surface area (Å²) in [5, 5.41) is 16.3. The van der Waals surface area contributed by atoms with Crippen LogP contribution in [0.25, 0.3) is 0 Å². The molecule has 0 spiro atoms. The molecule has 102 valence electrons. The SMILES string of the molecule is Nc1cc([N+](=O)[O-])cc(NCCC(=O)NC2CC2)n1. The largest absolute Gasteiger partial charge is 0.383 e. The van der Waals surface area contributed by atoms with Crippen molar-refractivity contribution in [2.75, 3.05) is 17.6 Å². The van der Waals surface area contributed by atoms with Crippen LogP contribution >= 0.6 is 0 Å². The number of nitrogen functional groups attached to an aromatic ring is 1. The molecule has 1 fully saturated rings. The van der Waals surface area contributed by atoms with Crippen LogP contribution in [0.15, 0.2) is 12.1 Å². The molecule has 0 aromatic carbocycles. The fraction of sp³-hybridized carbons (Fsp3) is 0.455. The Morgan fingerprint density at radius 3 is 2.89 bits per heavy atom. The van der Waals surface area contributed by atoms with Crippen molar-refractivity contribution in [1.82, 2.24) is 10.3 Å². The van der Waals surface area contributed by atoms with Gasteiger partial charge in [0.25, 0.3) is 5.69 Å². The summed E-state index contributed by atoms with van der Waals surface area (Å²) in [6, 6.07) is 2.80. The van der Waals surface area contributed by atoms with Crippen LogP contribution in [0.1, 0.15) is 19.3 Å². The van der Waals surface area contributed by atoms with Gasteiger partial charge in [-0.15, -0.1) is 0 Å². The van der Waals surface area contributed by atoms with Gasteiger partial charge in [-0.1, -0.05) is 0 Å². The van der Waals surface area contributed by atoms with Crippen LogP contribution in [0.4, 0.5) is 17.3 Å². The summed E-state index contributed by atoms with van der Waals surface area (Å²) in [7, 11) is 0. The Kier molecular flexibility index (Phi) is 3.79. The average molecular weight is 265 g/mol. The van der Waals surface area contributed by atoms with Crippen molar-refractivity contribution in [3.05, 3.63) is 22.2 Å². The molecule has 1 saturated carbocycles. The van der Waals surface area contributed by atoms with Crippen molar-refractivity contribution in [1.29, 1.82) is 0 Å². The molecule has 2 rings (SSSR count). The van der Waals surface area contributed by atoms with Crippen molar-refractivity contribution < 1.29 is 9.72 Å². The summed E-state index contributed by atoms with van der Waals surface area (Å²) in [5.74, 6) is 0.332. The summed E-state index contributed by atoms with van der Waals surface area (Å²) >= 11 is 0. The zero-order valence-electron chi connectivity index (χ0n) is 10.3. The Morgan fingerprint density at radius 1 is 1.53 bits per heavy atom. The van der Waals surface area contributed by atoms with Gasteiger partial charge in [0.2, 0.25) is 5.91 Å². The molecule has 0 saturated heterocycles. The number of pyridine rings is 1. The summed E-state index contributed by atoms with van der Waals surface area (Å²) < 4.78 is 0. The monoisotopic (exact) mass is 265 g/mol. The molecule has 1 aliphatic carbocycles. The molecule has 1 amide bonds. The normalized spacial score (nSPS) is 13.9. The lowest BCUT2D eigenvalue weighted by Gasteiger charge is -2.06. The highest BCUT2D eigenvalue weighted by atomic mass is 16.6. The maximum Gasteiger partial charge on any atom is 0.276 e. The van der Waals surface area contributed by atoms with Crippen molar-refractivity contribution in [2.24, 2.45) is 0 Å². The maximum absolute atomic E-state index is 11.4. The van der Waals surface area contributed by atoms with Gasteiger partial charge in [0.05, 0.1) is 17.1 Å². The molecule has 0 atom stereocenters. The van der Waals surface area contributed by atoms with Crippen molar-refractivity contribution in [3.8, 4) is 0 Å². The summed E-state index contributed by atoms with van der Waals surface area (Å²) in [4.78, 5) is 25.4. The van der Waals surface area contributed by atoms with Gasteiger partial charge >= 0.3 is 0 Å². The van der Waals surface area contributed by atoms with E-state index in [0.717, 1.165) is 12.8 Å². The van der Waals surface area contributed by atoms with Crippen LogP contribution in [0, 0.1) is 10.1 Å². The molecule has 1 aromatic rings. The van der Waals surface area contributed by atoms with E-state index in [1.54, 1.807) is 0 Å². The zero-order chi connectivity index (χ0) is 13.8. The minimum absolute atomic E-state index is 0.0339. The first-order chi connectivity index (χ1) is 9.04. The van der Waals surface area contributed by atoms with Crippen LogP contribution < -0.4 is 16.4 Å². The molecule has 0 bridgehead atoms. The number of anilines is 2. The van der Waals surface area contributed by atoms with E-state index in [1.807, 2.05) is 0 Å². The molecule has 0 aliphatic heterocycles. The molecule has 1 heterocycles. The molecule has 0 radical (unpaired) electrons. The number of hydrogen-bond acceptors (Lipinski definition) is 6. The number of nitrogens with zero attached hydrogens (tertiary/aromatic N) is 2.